The Labute approximate surface area is 112 Å². The van der Waals surface area contributed by atoms with Crippen LogP contribution in [0.25, 0.3) is 0 Å². The summed E-state index contributed by atoms with van der Waals surface area (Å²) in [5, 5.41) is 0. The molecule has 4 heteroatoms. The Kier molecular flexibility index (Phi) is 9.54. The van der Waals surface area contributed by atoms with Crippen molar-refractivity contribution in [3.05, 3.63) is 42.2 Å². The van der Waals surface area contributed by atoms with Gasteiger partial charge in [-0.2, -0.15) is 0 Å². The molecule has 1 aromatic carbocycles. The van der Waals surface area contributed by atoms with Crippen molar-refractivity contribution >= 4 is 17.4 Å². The SMILES string of the molecule is C1=COc2ccccc2C1.[Al].[Mn].[Zn]. The monoisotopic (exact) mass is 278 g/mol. The topological polar surface area (TPSA) is 9.23 Å². The van der Waals surface area contributed by atoms with Gasteiger partial charge in [-0.3, -0.25) is 0 Å². The molecule has 1 nitrogen and oxygen atoms in total. The molecule has 1 aromatic rings. The van der Waals surface area contributed by atoms with Crippen LogP contribution < -0.4 is 4.74 Å². The number of para-hydroxylation sites is 1. The van der Waals surface area contributed by atoms with E-state index in [1.165, 1.54) is 5.56 Å². The van der Waals surface area contributed by atoms with E-state index in [2.05, 4.69) is 6.07 Å². The second-order valence-corrected chi connectivity index (χ2v) is 2.30. The van der Waals surface area contributed by atoms with E-state index in [1.54, 1.807) is 6.26 Å². The van der Waals surface area contributed by atoms with Gasteiger partial charge in [0.1, 0.15) is 5.75 Å². The first-order valence-corrected chi connectivity index (χ1v) is 3.36. The Hall–Kier alpha value is 0.435. The number of allylic oxidation sites excluding steroid dienone is 1. The molecule has 62 valence electrons. The van der Waals surface area contributed by atoms with Crippen molar-refractivity contribution < 1.29 is 41.3 Å². The Morgan fingerprint density at radius 1 is 1.15 bits per heavy atom. The molecule has 1 heterocycles. The molecule has 0 fully saturated rings. The van der Waals surface area contributed by atoms with Crippen molar-refractivity contribution in [2.24, 2.45) is 0 Å². The Bertz CT molecular complexity index is 251. The van der Waals surface area contributed by atoms with E-state index in [0.717, 1.165) is 12.2 Å². The maximum Gasteiger partial charge on any atom is 0.130 e. The normalized spacial score (nSPS) is 10.8. The summed E-state index contributed by atoms with van der Waals surface area (Å²) in [6.45, 7) is 0. The molecule has 0 spiro atoms. The van der Waals surface area contributed by atoms with Crippen LogP contribution in [-0.2, 0) is 43.0 Å². The van der Waals surface area contributed by atoms with Gasteiger partial charge in [-0.15, -0.1) is 0 Å². The molecule has 1 aliphatic rings. The number of fused-ring (bicyclic) bond motifs is 1. The van der Waals surface area contributed by atoms with E-state index in [-0.39, 0.29) is 53.9 Å². The largest absolute Gasteiger partial charge is 0.465 e. The molecule has 0 unspecified atom stereocenters. The zero-order chi connectivity index (χ0) is 6.81. The van der Waals surface area contributed by atoms with Gasteiger partial charge in [0, 0.05) is 53.9 Å². The van der Waals surface area contributed by atoms with Crippen LogP contribution in [0.15, 0.2) is 36.6 Å². The number of benzene rings is 1. The molecule has 0 amide bonds. The van der Waals surface area contributed by atoms with Crippen molar-refractivity contribution in [3.63, 3.8) is 0 Å². The van der Waals surface area contributed by atoms with Crippen molar-refractivity contribution in [1.29, 1.82) is 0 Å². The molecule has 0 bridgehead atoms. The molecule has 13 heavy (non-hydrogen) atoms. The van der Waals surface area contributed by atoms with Crippen LogP contribution in [0.2, 0.25) is 0 Å². The summed E-state index contributed by atoms with van der Waals surface area (Å²) in [4.78, 5) is 0. The zero-order valence-electron chi connectivity index (χ0n) is 7.24. The summed E-state index contributed by atoms with van der Waals surface area (Å²) in [7, 11) is 0. The third kappa shape index (κ3) is 3.98. The van der Waals surface area contributed by atoms with Crippen molar-refractivity contribution in [2.75, 3.05) is 0 Å². The Balaban J connectivity index is 0. The minimum Gasteiger partial charge on any atom is -0.465 e. The van der Waals surface area contributed by atoms with Gasteiger partial charge in [0.2, 0.25) is 0 Å². The molecular formula is C9H8AlMnOZn. The predicted molar refractivity (Wildman–Crippen MR) is 45.7 cm³/mol. The van der Waals surface area contributed by atoms with E-state index in [9.17, 15) is 0 Å². The van der Waals surface area contributed by atoms with Gasteiger partial charge < -0.3 is 4.74 Å². The summed E-state index contributed by atoms with van der Waals surface area (Å²) < 4.78 is 5.24. The predicted octanol–water partition coefficient (Wildman–Crippen LogP) is 1.75. The molecule has 1 aliphatic heterocycles. The number of ether oxygens (including phenoxy) is 1. The molecule has 0 atom stereocenters. The fourth-order valence-electron chi connectivity index (χ4n) is 1.08. The smallest absolute Gasteiger partial charge is 0.130 e. The fraction of sp³-hybridized carbons (Fsp3) is 0.111. The number of hydrogen-bond acceptors (Lipinski definition) is 1. The Morgan fingerprint density at radius 3 is 2.54 bits per heavy atom. The van der Waals surface area contributed by atoms with Crippen LogP contribution in [0, 0.1) is 0 Å². The zero-order valence-corrected chi connectivity index (χ0v) is 12.5. The van der Waals surface area contributed by atoms with E-state index in [4.69, 9.17) is 4.74 Å². The first-order valence-electron chi connectivity index (χ1n) is 3.36. The molecule has 2 rings (SSSR count). The van der Waals surface area contributed by atoms with Crippen LogP contribution >= 0.6 is 0 Å². The van der Waals surface area contributed by atoms with Crippen LogP contribution in [0.1, 0.15) is 5.56 Å². The van der Waals surface area contributed by atoms with Gasteiger partial charge in [0.05, 0.1) is 6.26 Å². The van der Waals surface area contributed by atoms with Crippen molar-refractivity contribution in [2.45, 2.75) is 6.42 Å². The molecule has 0 saturated heterocycles. The van der Waals surface area contributed by atoms with Crippen LogP contribution in [0.5, 0.6) is 5.75 Å². The maximum atomic E-state index is 5.24. The van der Waals surface area contributed by atoms with E-state index < -0.39 is 0 Å². The summed E-state index contributed by atoms with van der Waals surface area (Å²) >= 11 is 0. The van der Waals surface area contributed by atoms with Crippen LogP contribution in [0.3, 0.4) is 0 Å². The molecule has 0 aliphatic carbocycles. The van der Waals surface area contributed by atoms with E-state index >= 15 is 0 Å². The van der Waals surface area contributed by atoms with Crippen molar-refractivity contribution in [1.82, 2.24) is 0 Å². The minimum absolute atomic E-state index is 0. The maximum absolute atomic E-state index is 5.24. The molecule has 0 N–H and O–H groups in total. The second kappa shape index (κ2) is 7.80. The first kappa shape index (κ1) is 15.9. The van der Waals surface area contributed by atoms with Gasteiger partial charge in [0.15, 0.2) is 0 Å². The van der Waals surface area contributed by atoms with Crippen LogP contribution in [-0.4, -0.2) is 17.4 Å². The third-order valence-corrected chi connectivity index (χ3v) is 1.60. The van der Waals surface area contributed by atoms with E-state index in [1.807, 2.05) is 24.3 Å². The number of hydrogen-bond donors (Lipinski definition) is 0. The molecule has 0 aromatic heterocycles. The average molecular weight is 279 g/mol. The van der Waals surface area contributed by atoms with E-state index in [0.29, 0.717) is 0 Å². The van der Waals surface area contributed by atoms with Crippen LogP contribution in [0.4, 0.5) is 0 Å². The fourth-order valence-corrected chi connectivity index (χ4v) is 1.08. The molecule has 4 radical (unpaired) electrons. The van der Waals surface area contributed by atoms with Crippen molar-refractivity contribution in [3.8, 4) is 5.75 Å². The molecule has 0 saturated carbocycles. The minimum atomic E-state index is 0. The van der Waals surface area contributed by atoms with Gasteiger partial charge in [-0.1, -0.05) is 18.2 Å². The van der Waals surface area contributed by atoms with Gasteiger partial charge in [-0.25, -0.2) is 0 Å². The van der Waals surface area contributed by atoms with Gasteiger partial charge in [0.25, 0.3) is 0 Å². The second-order valence-electron chi connectivity index (χ2n) is 2.30. The average Bonchev–Trinajstić information content (AvgIpc) is 2.05. The number of rotatable bonds is 0. The standard InChI is InChI=1S/C9H8O.Al.Mn.Zn/c1-2-6-9-8(4-1)5-3-7-10-9;;;/h1-4,6-7H,5H2;;;. The van der Waals surface area contributed by atoms with Gasteiger partial charge in [-0.05, 0) is 24.1 Å². The quantitative estimate of drug-likeness (QED) is 0.658. The third-order valence-electron chi connectivity index (χ3n) is 1.60. The van der Waals surface area contributed by atoms with Gasteiger partial charge >= 0.3 is 0 Å². The summed E-state index contributed by atoms with van der Waals surface area (Å²) in [5.74, 6) is 0.991. The first-order chi connectivity index (χ1) is 4.97. The summed E-state index contributed by atoms with van der Waals surface area (Å²) in [5.41, 5.74) is 1.27. The summed E-state index contributed by atoms with van der Waals surface area (Å²) in [6.07, 6.45) is 4.75. The summed E-state index contributed by atoms with van der Waals surface area (Å²) in [6, 6.07) is 8.08. The Morgan fingerprint density at radius 2 is 1.85 bits per heavy atom. The molecular weight excluding hydrogens is 271 g/mol.